The number of rotatable bonds is 5. The number of hydrogen-bond acceptors (Lipinski definition) is 6. The zero-order valence-corrected chi connectivity index (χ0v) is 12.9. The average Bonchev–Trinajstić information content (AvgIpc) is 2.87. The van der Waals surface area contributed by atoms with E-state index in [2.05, 4.69) is 42.7 Å². The standard InChI is InChI=1S/C14H26N4O2/c1-9(2)11(15)7-13-16-14(17-20-13)12-8-18(10(3)4)5-6-19-12/h9-12H,5-8,15H2,1-4H3. The Morgan fingerprint density at radius 3 is 2.75 bits per heavy atom. The van der Waals surface area contributed by atoms with E-state index in [-0.39, 0.29) is 12.1 Å². The first-order chi connectivity index (χ1) is 9.47. The highest BCUT2D eigenvalue weighted by Gasteiger charge is 2.27. The minimum atomic E-state index is -0.0982. The van der Waals surface area contributed by atoms with Gasteiger partial charge in [-0.1, -0.05) is 19.0 Å². The van der Waals surface area contributed by atoms with Gasteiger partial charge >= 0.3 is 0 Å². The minimum absolute atomic E-state index is 0.0442. The van der Waals surface area contributed by atoms with E-state index in [1.54, 1.807) is 0 Å². The molecule has 1 aliphatic rings. The zero-order valence-electron chi connectivity index (χ0n) is 12.9. The van der Waals surface area contributed by atoms with Crippen LogP contribution in [0.4, 0.5) is 0 Å². The molecule has 2 rings (SSSR count). The molecule has 1 aliphatic heterocycles. The number of ether oxygens (including phenoxy) is 1. The van der Waals surface area contributed by atoms with Crippen molar-refractivity contribution in [2.75, 3.05) is 19.7 Å². The summed E-state index contributed by atoms with van der Waals surface area (Å²) in [5.74, 6) is 1.64. The molecule has 0 bridgehead atoms. The van der Waals surface area contributed by atoms with Gasteiger partial charge in [0.05, 0.1) is 6.61 Å². The Balaban J connectivity index is 1.97. The minimum Gasteiger partial charge on any atom is -0.367 e. The second-order valence-electron chi connectivity index (χ2n) is 6.11. The van der Waals surface area contributed by atoms with Gasteiger partial charge in [-0.25, -0.2) is 0 Å². The Bertz CT molecular complexity index is 419. The maximum atomic E-state index is 6.03. The molecule has 2 atom stereocenters. The summed E-state index contributed by atoms with van der Waals surface area (Å²) >= 11 is 0. The maximum Gasteiger partial charge on any atom is 0.228 e. The van der Waals surface area contributed by atoms with Crippen molar-refractivity contribution in [2.24, 2.45) is 11.7 Å². The molecule has 1 aromatic rings. The quantitative estimate of drug-likeness (QED) is 0.879. The van der Waals surface area contributed by atoms with Gasteiger partial charge < -0.3 is 15.0 Å². The maximum absolute atomic E-state index is 6.03. The summed E-state index contributed by atoms with van der Waals surface area (Å²) < 4.78 is 11.0. The summed E-state index contributed by atoms with van der Waals surface area (Å²) in [6.07, 6.45) is 0.518. The first-order valence-corrected chi connectivity index (χ1v) is 7.41. The molecule has 0 spiro atoms. The number of nitrogens with two attached hydrogens (primary N) is 1. The second-order valence-corrected chi connectivity index (χ2v) is 6.11. The predicted octanol–water partition coefficient (Wildman–Crippen LogP) is 1.38. The van der Waals surface area contributed by atoms with Gasteiger partial charge in [-0.3, -0.25) is 4.90 Å². The molecule has 6 nitrogen and oxygen atoms in total. The van der Waals surface area contributed by atoms with E-state index in [4.69, 9.17) is 15.0 Å². The van der Waals surface area contributed by atoms with Gasteiger partial charge in [-0.05, 0) is 19.8 Å². The van der Waals surface area contributed by atoms with Gasteiger partial charge in [-0.2, -0.15) is 4.98 Å². The van der Waals surface area contributed by atoms with Gasteiger partial charge in [-0.15, -0.1) is 0 Å². The highest BCUT2D eigenvalue weighted by atomic mass is 16.5. The fraction of sp³-hybridized carbons (Fsp3) is 0.857. The Morgan fingerprint density at radius 1 is 1.35 bits per heavy atom. The summed E-state index contributed by atoms with van der Waals surface area (Å²) in [6.45, 7) is 11.0. The third-order valence-corrected chi connectivity index (χ3v) is 3.87. The molecule has 0 aliphatic carbocycles. The van der Waals surface area contributed by atoms with E-state index in [1.165, 1.54) is 0 Å². The van der Waals surface area contributed by atoms with Crippen LogP contribution in [0.1, 0.15) is 45.5 Å². The van der Waals surface area contributed by atoms with Crippen molar-refractivity contribution in [3.8, 4) is 0 Å². The lowest BCUT2D eigenvalue weighted by atomic mass is 10.0. The molecule has 2 N–H and O–H groups in total. The van der Waals surface area contributed by atoms with Crippen LogP contribution in [0, 0.1) is 5.92 Å². The lowest BCUT2D eigenvalue weighted by Gasteiger charge is -2.34. The number of nitrogens with zero attached hydrogens (tertiary/aromatic N) is 3. The van der Waals surface area contributed by atoms with Crippen molar-refractivity contribution in [3.63, 3.8) is 0 Å². The Kier molecular flexibility index (Phi) is 5.12. The summed E-state index contributed by atoms with van der Waals surface area (Å²) in [7, 11) is 0. The van der Waals surface area contributed by atoms with Crippen LogP contribution >= 0.6 is 0 Å². The smallest absolute Gasteiger partial charge is 0.228 e. The molecular formula is C14H26N4O2. The van der Waals surface area contributed by atoms with Gasteiger partial charge in [0.25, 0.3) is 0 Å². The van der Waals surface area contributed by atoms with E-state index in [0.29, 0.717) is 36.7 Å². The third kappa shape index (κ3) is 3.77. The van der Waals surface area contributed by atoms with E-state index >= 15 is 0 Å². The summed E-state index contributed by atoms with van der Waals surface area (Å²) in [5.41, 5.74) is 6.03. The number of morpholine rings is 1. The molecule has 2 unspecified atom stereocenters. The van der Waals surface area contributed by atoms with Crippen molar-refractivity contribution < 1.29 is 9.26 Å². The highest BCUT2D eigenvalue weighted by molar-refractivity contribution is 4.96. The topological polar surface area (TPSA) is 77.4 Å². The van der Waals surface area contributed by atoms with Crippen molar-refractivity contribution in [3.05, 3.63) is 11.7 Å². The van der Waals surface area contributed by atoms with Crippen molar-refractivity contribution in [2.45, 2.75) is 52.3 Å². The molecule has 0 aromatic carbocycles. The molecule has 2 heterocycles. The average molecular weight is 282 g/mol. The molecule has 20 heavy (non-hydrogen) atoms. The van der Waals surface area contributed by atoms with Crippen LogP contribution < -0.4 is 5.73 Å². The second kappa shape index (κ2) is 6.65. The van der Waals surface area contributed by atoms with Crippen LogP contribution in [-0.4, -0.2) is 46.8 Å². The SMILES string of the molecule is CC(C)C(N)Cc1nc(C2CN(C(C)C)CCO2)no1. The number of aromatic nitrogens is 2. The van der Waals surface area contributed by atoms with Crippen LogP contribution in [0.5, 0.6) is 0 Å². The lowest BCUT2D eigenvalue weighted by molar-refractivity contribution is -0.0450. The van der Waals surface area contributed by atoms with E-state index < -0.39 is 0 Å². The van der Waals surface area contributed by atoms with Crippen LogP contribution in [0.15, 0.2) is 4.52 Å². The van der Waals surface area contributed by atoms with Crippen molar-refractivity contribution in [1.29, 1.82) is 0 Å². The zero-order chi connectivity index (χ0) is 14.7. The predicted molar refractivity (Wildman–Crippen MR) is 76.2 cm³/mol. The molecule has 1 fully saturated rings. The normalized spacial score (nSPS) is 22.6. The monoisotopic (exact) mass is 282 g/mol. The first-order valence-electron chi connectivity index (χ1n) is 7.41. The van der Waals surface area contributed by atoms with Crippen molar-refractivity contribution in [1.82, 2.24) is 15.0 Å². The van der Waals surface area contributed by atoms with Crippen molar-refractivity contribution >= 4 is 0 Å². The molecule has 0 radical (unpaired) electrons. The molecular weight excluding hydrogens is 256 g/mol. The molecule has 1 aromatic heterocycles. The van der Waals surface area contributed by atoms with E-state index in [1.807, 2.05) is 0 Å². The Hall–Kier alpha value is -0.980. The van der Waals surface area contributed by atoms with E-state index in [9.17, 15) is 0 Å². The molecule has 6 heteroatoms. The first kappa shape index (κ1) is 15.4. The van der Waals surface area contributed by atoms with Crippen LogP contribution in [-0.2, 0) is 11.2 Å². The third-order valence-electron chi connectivity index (χ3n) is 3.87. The van der Waals surface area contributed by atoms with Gasteiger partial charge in [0.2, 0.25) is 11.7 Å². The molecule has 0 amide bonds. The van der Waals surface area contributed by atoms with Gasteiger partial charge in [0.15, 0.2) is 0 Å². The molecule has 1 saturated heterocycles. The highest BCUT2D eigenvalue weighted by Crippen LogP contribution is 2.21. The fourth-order valence-corrected chi connectivity index (χ4v) is 2.21. The van der Waals surface area contributed by atoms with Crippen LogP contribution in [0.25, 0.3) is 0 Å². The summed E-state index contributed by atoms with van der Waals surface area (Å²) in [6, 6.07) is 0.546. The fourth-order valence-electron chi connectivity index (χ4n) is 2.21. The van der Waals surface area contributed by atoms with Crippen LogP contribution in [0.2, 0.25) is 0 Å². The molecule has 114 valence electrons. The molecule has 0 saturated carbocycles. The van der Waals surface area contributed by atoms with E-state index in [0.717, 1.165) is 13.1 Å². The number of hydrogen-bond donors (Lipinski definition) is 1. The largest absolute Gasteiger partial charge is 0.367 e. The Labute approximate surface area is 120 Å². The lowest BCUT2D eigenvalue weighted by Crippen LogP contribution is -2.42. The van der Waals surface area contributed by atoms with Gasteiger partial charge in [0, 0.05) is 31.6 Å². The van der Waals surface area contributed by atoms with Gasteiger partial charge in [0.1, 0.15) is 6.10 Å². The summed E-state index contributed by atoms with van der Waals surface area (Å²) in [4.78, 5) is 6.81. The Morgan fingerprint density at radius 2 is 2.10 bits per heavy atom. The summed E-state index contributed by atoms with van der Waals surface area (Å²) in [5, 5.41) is 4.05. The van der Waals surface area contributed by atoms with Crippen LogP contribution in [0.3, 0.4) is 0 Å².